The Morgan fingerprint density at radius 1 is 1.19 bits per heavy atom. The minimum absolute atomic E-state index is 0.00157. The second kappa shape index (κ2) is 8.75. The molecule has 0 spiro atoms. The van der Waals surface area contributed by atoms with Crippen molar-refractivity contribution in [2.75, 3.05) is 5.32 Å². The molecule has 1 aliphatic carbocycles. The summed E-state index contributed by atoms with van der Waals surface area (Å²) in [4.78, 5) is 41.6. The number of fused-ring (bicyclic) bond motifs is 1. The summed E-state index contributed by atoms with van der Waals surface area (Å²) in [5.41, 5.74) is 1.92. The predicted octanol–water partition coefficient (Wildman–Crippen LogP) is 3.78. The number of ether oxygens (including phenoxy) is 1. The molecule has 0 saturated heterocycles. The molecule has 3 aromatic rings. The molecule has 0 aliphatic heterocycles. The molecular formula is C23H25N3O5. The van der Waals surface area contributed by atoms with Gasteiger partial charge in [-0.3, -0.25) is 9.59 Å². The lowest BCUT2D eigenvalue weighted by atomic mass is 9.88. The van der Waals surface area contributed by atoms with Gasteiger partial charge in [-0.15, -0.1) is 4.57 Å². The van der Waals surface area contributed by atoms with E-state index in [-0.39, 0.29) is 24.0 Å². The highest BCUT2D eigenvalue weighted by molar-refractivity contribution is 5.97. The maximum atomic E-state index is 12.7. The van der Waals surface area contributed by atoms with Crippen molar-refractivity contribution in [3.63, 3.8) is 0 Å². The number of benzene rings is 1. The van der Waals surface area contributed by atoms with Gasteiger partial charge >= 0.3 is 5.97 Å². The van der Waals surface area contributed by atoms with Crippen molar-refractivity contribution >= 4 is 23.2 Å². The summed E-state index contributed by atoms with van der Waals surface area (Å²) in [5.74, 6) is 0.0373. The topological polar surface area (TPSA) is 103 Å². The molecule has 0 bridgehead atoms. The van der Waals surface area contributed by atoms with E-state index in [1.54, 1.807) is 38.1 Å². The predicted molar refractivity (Wildman–Crippen MR) is 114 cm³/mol. The molecular weight excluding hydrogens is 398 g/mol. The lowest BCUT2D eigenvalue weighted by Gasteiger charge is -2.21. The number of esters is 1. The molecule has 31 heavy (non-hydrogen) atoms. The second-order valence-corrected chi connectivity index (χ2v) is 7.96. The normalized spacial score (nSPS) is 14.5. The number of rotatable bonds is 5. The van der Waals surface area contributed by atoms with Gasteiger partial charge in [0.15, 0.2) is 5.65 Å². The zero-order valence-electron chi connectivity index (χ0n) is 17.6. The number of hydrogen-bond donors (Lipinski definition) is 1. The van der Waals surface area contributed by atoms with E-state index >= 15 is 0 Å². The van der Waals surface area contributed by atoms with E-state index < -0.39 is 5.97 Å². The van der Waals surface area contributed by atoms with Crippen molar-refractivity contribution in [3.8, 4) is 0 Å². The van der Waals surface area contributed by atoms with Crippen molar-refractivity contribution < 1.29 is 18.8 Å². The van der Waals surface area contributed by atoms with Gasteiger partial charge < -0.3 is 14.6 Å². The zero-order valence-corrected chi connectivity index (χ0v) is 17.6. The van der Waals surface area contributed by atoms with E-state index in [0.717, 1.165) is 30.3 Å². The van der Waals surface area contributed by atoms with Crippen molar-refractivity contribution in [1.29, 1.82) is 0 Å². The number of amides is 1. The third-order valence-corrected chi connectivity index (χ3v) is 5.66. The number of aryl methyl sites for hydroxylation is 1. The van der Waals surface area contributed by atoms with Crippen molar-refractivity contribution in [3.05, 3.63) is 63.3 Å². The monoisotopic (exact) mass is 423 g/mol. The summed E-state index contributed by atoms with van der Waals surface area (Å²) in [5, 5.41) is 2.97. The Balaban J connectivity index is 1.45. The van der Waals surface area contributed by atoms with Crippen LogP contribution in [-0.4, -0.2) is 21.4 Å². The third-order valence-electron chi connectivity index (χ3n) is 5.66. The van der Waals surface area contributed by atoms with E-state index in [4.69, 9.17) is 9.26 Å². The van der Waals surface area contributed by atoms with E-state index in [1.807, 2.05) is 0 Å². The smallest absolute Gasteiger partial charge is 0.338 e. The Morgan fingerprint density at radius 3 is 2.74 bits per heavy atom. The van der Waals surface area contributed by atoms with Gasteiger partial charge in [0.25, 0.3) is 5.56 Å². The number of carbonyl (C=O) groups is 2. The number of nitrogens with zero attached hydrogens (tertiary/aromatic N) is 2. The van der Waals surface area contributed by atoms with E-state index in [2.05, 4.69) is 10.3 Å². The Morgan fingerprint density at radius 2 is 1.97 bits per heavy atom. The highest BCUT2D eigenvalue weighted by Crippen LogP contribution is 2.26. The van der Waals surface area contributed by atoms with Crippen molar-refractivity contribution in [2.45, 2.75) is 52.6 Å². The number of nitrogens with one attached hydrogen (secondary N) is 1. The highest BCUT2D eigenvalue weighted by Gasteiger charge is 2.22. The van der Waals surface area contributed by atoms with Crippen LogP contribution in [-0.2, 0) is 16.1 Å². The first-order valence-electron chi connectivity index (χ1n) is 10.5. The molecule has 1 aliphatic rings. The van der Waals surface area contributed by atoms with Gasteiger partial charge in [-0.25, -0.2) is 9.78 Å². The quantitative estimate of drug-likeness (QED) is 0.627. The lowest BCUT2D eigenvalue weighted by Crippen LogP contribution is -2.25. The molecule has 8 nitrogen and oxygen atoms in total. The largest absolute Gasteiger partial charge is 0.456 e. The minimum Gasteiger partial charge on any atom is -0.456 e. The van der Waals surface area contributed by atoms with Crippen molar-refractivity contribution in [2.24, 2.45) is 5.92 Å². The number of carbonyl (C=O) groups excluding carboxylic acids is 2. The molecule has 2 aromatic heterocycles. The van der Waals surface area contributed by atoms with Gasteiger partial charge in [0.05, 0.1) is 11.3 Å². The highest BCUT2D eigenvalue weighted by atomic mass is 16.5. The summed E-state index contributed by atoms with van der Waals surface area (Å²) in [6, 6.07) is 8.06. The first-order valence-corrected chi connectivity index (χ1v) is 10.5. The van der Waals surface area contributed by atoms with Gasteiger partial charge in [-0.2, -0.15) is 0 Å². The molecule has 0 unspecified atom stereocenters. The Hall–Kier alpha value is -3.42. The van der Waals surface area contributed by atoms with Crippen LogP contribution in [0.5, 0.6) is 0 Å². The summed E-state index contributed by atoms with van der Waals surface area (Å²) in [7, 11) is 0. The van der Waals surface area contributed by atoms with Crippen LogP contribution in [0.2, 0.25) is 0 Å². The maximum absolute atomic E-state index is 12.7. The third kappa shape index (κ3) is 4.52. The minimum atomic E-state index is -0.545. The van der Waals surface area contributed by atoms with E-state index in [1.165, 1.54) is 12.5 Å². The summed E-state index contributed by atoms with van der Waals surface area (Å²) < 4.78 is 11.7. The van der Waals surface area contributed by atoms with Crippen LogP contribution in [0.1, 0.15) is 59.5 Å². The Kier molecular flexibility index (Phi) is 5.88. The molecule has 1 aromatic carbocycles. The SMILES string of the molecule is Cc1cc2nc(COC(=O)c3cccc(NC(=O)C4CCCCC4)c3C)cc(=O)n2o1. The molecule has 4 rings (SSSR count). The number of anilines is 1. The second-order valence-electron chi connectivity index (χ2n) is 7.96. The van der Waals surface area contributed by atoms with Crippen LogP contribution in [0, 0.1) is 19.8 Å². The first-order chi connectivity index (χ1) is 14.9. The van der Waals surface area contributed by atoms with Crippen LogP contribution in [0.15, 0.2) is 39.6 Å². The first kappa shape index (κ1) is 20.8. The standard InChI is InChI=1S/C23H25N3O5/c1-14-11-20-24-17(12-21(27)26(20)31-14)13-30-23(29)18-9-6-10-19(15(18)2)25-22(28)16-7-4-3-5-8-16/h6,9-12,16H,3-5,7-8,13H2,1-2H3,(H,25,28). The van der Waals surface area contributed by atoms with Gasteiger partial charge in [0, 0.05) is 23.7 Å². The maximum Gasteiger partial charge on any atom is 0.338 e. The summed E-state index contributed by atoms with van der Waals surface area (Å²) in [6.07, 6.45) is 5.13. The fourth-order valence-corrected chi connectivity index (χ4v) is 3.96. The average molecular weight is 423 g/mol. The molecule has 8 heteroatoms. The molecule has 0 radical (unpaired) electrons. The van der Waals surface area contributed by atoms with Gasteiger partial charge in [0.2, 0.25) is 5.91 Å². The van der Waals surface area contributed by atoms with Gasteiger partial charge in [-0.1, -0.05) is 25.3 Å². The molecule has 1 saturated carbocycles. The van der Waals surface area contributed by atoms with Crippen LogP contribution in [0.3, 0.4) is 0 Å². The zero-order chi connectivity index (χ0) is 22.0. The number of aromatic nitrogens is 2. The molecule has 2 heterocycles. The van der Waals surface area contributed by atoms with E-state index in [0.29, 0.717) is 33.9 Å². The molecule has 1 N–H and O–H groups in total. The summed E-state index contributed by atoms with van der Waals surface area (Å²) >= 11 is 0. The van der Waals surface area contributed by atoms with Crippen LogP contribution in [0.25, 0.3) is 5.65 Å². The molecule has 1 amide bonds. The van der Waals surface area contributed by atoms with Crippen molar-refractivity contribution in [1.82, 2.24) is 9.56 Å². The fourth-order valence-electron chi connectivity index (χ4n) is 3.96. The van der Waals surface area contributed by atoms with Crippen LogP contribution in [0.4, 0.5) is 5.69 Å². The fraction of sp³-hybridized carbons (Fsp3) is 0.391. The summed E-state index contributed by atoms with van der Waals surface area (Å²) in [6.45, 7) is 3.35. The van der Waals surface area contributed by atoms with Gasteiger partial charge in [0.1, 0.15) is 12.4 Å². The van der Waals surface area contributed by atoms with Crippen LogP contribution >= 0.6 is 0 Å². The Labute approximate surface area is 179 Å². The Bertz CT molecular complexity index is 1190. The molecule has 162 valence electrons. The van der Waals surface area contributed by atoms with E-state index in [9.17, 15) is 14.4 Å². The molecule has 0 atom stereocenters. The van der Waals surface area contributed by atoms with Crippen LogP contribution < -0.4 is 10.9 Å². The average Bonchev–Trinajstić information content (AvgIpc) is 3.15. The molecule has 1 fully saturated rings. The number of hydrogen-bond acceptors (Lipinski definition) is 6. The van der Waals surface area contributed by atoms with Gasteiger partial charge in [-0.05, 0) is 44.4 Å². The lowest BCUT2D eigenvalue weighted by molar-refractivity contribution is -0.120.